The molecule has 0 atom stereocenters. The summed E-state index contributed by atoms with van der Waals surface area (Å²) in [7, 11) is 0. The van der Waals surface area contributed by atoms with Crippen molar-refractivity contribution in [2.45, 2.75) is 45.3 Å². The van der Waals surface area contributed by atoms with Crippen molar-refractivity contribution in [2.24, 2.45) is 5.73 Å². The van der Waals surface area contributed by atoms with E-state index in [0.29, 0.717) is 47.9 Å². The van der Waals surface area contributed by atoms with Gasteiger partial charge in [0, 0.05) is 52.3 Å². The molecule has 5 N–H and O–H groups in total. The first-order valence-electron chi connectivity index (χ1n) is 12.5. The topological polar surface area (TPSA) is 139 Å². The molecule has 1 aromatic heterocycles. The maximum absolute atomic E-state index is 13.1. The number of hydrogen-bond donors (Lipinski definition) is 3. The number of aromatic nitrogens is 1. The van der Waals surface area contributed by atoms with E-state index in [-0.39, 0.29) is 17.9 Å². The number of piperidine rings is 1. The highest BCUT2D eigenvalue weighted by molar-refractivity contribution is 6.31. The van der Waals surface area contributed by atoms with Gasteiger partial charge in [-0.3, -0.25) is 10.2 Å². The number of amides is 2. The van der Waals surface area contributed by atoms with Crippen molar-refractivity contribution in [2.75, 3.05) is 18.8 Å². The number of pyridine rings is 1. The number of anilines is 1. The molecule has 2 aromatic carbocycles. The smallest absolute Gasteiger partial charge is 0.417 e. The number of nitrogens with zero attached hydrogens (tertiary/aromatic N) is 3. The molecule has 0 aliphatic carbocycles. The van der Waals surface area contributed by atoms with Gasteiger partial charge in [0.2, 0.25) is 0 Å². The molecule has 1 aliphatic heterocycles. The van der Waals surface area contributed by atoms with Gasteiger partial charge in [0.1, 0.15) is 11.4 Å². The summed E-state index contributed by atoms with van der Waals surface area (Å²) in [5.74, 6) is 6.03. The van der Waals surface area contributed by atoms with Gasteiger partial charge in [-0.15, -0.1) is 0 Å². The minimum Gasteiger partial charge on any atom is -0.443 e. The zero-order chi connectivity index (χ0) is 28.3. The SMILES string of the molecule is CC(C)(C)OC(=O)N(C(=N)N)C1CCN(C(=O)c2ccc(C#Cc3c(N)ncc4ccc(Cl)cc34)cc2)CC1. The lowest BCUT2D eigenvalue weighted by molar-refractivity contribution is 0.0252. The average molecular weight is 547 g/mol. The second-order valence-electron chi connectivity index (χ2n) is 10.3. The van der Waals surface area contributed by atoms with E-state index < -0.39 is 11.7 Å². The molecule has 3 aromatic rings. The number of nitrogen functional groups attached to an aromatic ring is 1. The highest BCUT2D eigenvalue weighted by atomic mass is 35.5. The number of hydrogen-bond acceptors (Lipinski definition) is 6. The summed E-state index contributed by atoms with van der Waals surface area (Å²) >= 11 is 6.16. The minimum absolute atomic E-state index is 0.114. The largest absolute Gasteiger partial charge is 0.443 e. The Morgan fingerprint density at radius 1 is 1.13 bits per heavy atom. The third-order valence-electron chi connectivity index (χ3n) is 6.31. The van der Waals surface area contributed by atoms with Gasteiger partial charge in [0.25, 0.3) is 5.91 Å². The van der Waals surface area contributed by atoms with Crippen LogP contribution in [0, 0.1) is 17.3 Å². The van der Waals surface area contributed by atoms with Crippen LogP contribution in [0.2, 0.25) is 5.02 Å². The second-order valence-corrected chi connectivity index (χ2v) is 10.8. The van der Waals surface area contributed by atoms with Crippen molar-refractivity contribution >= 4 is 46.2 Å². The van der Waals surface area contributed by atoms with Crippen LogP contribution in [0.15, 0.2) is 48.7 Å². The lowest BCUT2D eigenvalue weighted by Gasteiger charge is -2.38. The van der Waals surface area contributed by atoms with E-state index in [1.54, 1.807) is 62.2 Å². The Labute approximate surface area is 232 Å². The number of halogens is 1. The molecule has 0 unspecified atom stereocenters. The van der Waals surface area contributed by atoms with Gasteiger partial charge < -0.3 is 21.1 Å². The standard InChI is InChI=1S/C29H31ClN6O3/c1-29(2,3)39-28(38)36(27(32)33)22-12-14-35(15-13-22)26(37)19-7-4-18(5-8-19)6-11-23-24-16-21(30)10-9-20(24)17-34-25(23)31/h4-5,7-10,16-17,22H,12-15H2,1-3H3,(H2,31,34)(H3,32,33). The number of nitrogens with one attached hydrogen (secondary N) is 1. The molecule has 10 heteroatoms. The summed E-state index contributed by atoms with van der Waals surface area (Å²) < 4.78 is 5.41. The first-order chi connectivity index (χ1) is 18.4. The highest BCUT2D eigenvalue weighted by Crippen LogP contribution is 2.25. The number of benzene rings is 2. The number of guanidine groups is 1. The lowest BCUT2D eigenvalue weighted by atomic mass is 10.0. The zero-order valence-corrected chi connectivity index (χ0v) is 22.9. The molecule has 0 saturated carbocycles. The number of carbonyl (C=O) groups excluding carboxylic acids is 2. The van der Waals surface area contributed by atoms with Crippen molar-refractivity contribution in [3.05, 3.63) is 70.4 Å². The molecule has 0 spiro atoms. The van der Waals surface area contributed by atoms with E-state index in [2.05, 4.69) is 16.8 Å². The molecule has 2 heterocycles. The quantitative estimate of drug-likeness (QED) is 0.244. The summed E-state index contributed by atoms with van der Waals surface area (Å²) in [6, 6.07) is 12.2. The molecule has 0 radical (unpaired) electrons. The molecular weight excluding hydrogens is 516 g/mol. The molecule has 1 saturated heterocycles. The Morgan fingerprint density at radius 2 is 1.79 bits per heavy atom. The predicted molar refractivity (Wildman–Crippen MR) is 152 cm³/mol. The fourth-order valence-electron chi connectivity index (χ4n) is 4.43. The van der Waals surface area contributed by atoms with Crippen LogP contribution in [0.1, 0.15) is 55.1 Å². The Bertz CT molecular complexity index is 1470. The zero-order valence-electron chi connectivity index (χ0n) is 22.1. The first kappa shape index (κ1) is 27.7. The molecular formula is C29H31ClN6O3. The number of likely N-dealkylation sites (tertiary alicyclic amines) is 1. The van der Waals surface area contributed by atoms with Crippen molar-refractivity contribution in [3.63, 3.8) is 0 Å². The number of rotatable bonds is 2. The Hall–Kier alpha value is -4.29. The lowest BCUT2D eigenvalue weighted by Crippen LogP contribution is -2.54. The van der Waals surface area contributed by atoms with Crippen LogP contribution >= 0.6 is 11.6 Å². The summed E-state index contributed by atoms with van der Waals surface area (Å²) in [6.45, 7) is 6.12. The molecule has 202 valence electrons. The first-order valence-corrected chi connectivity index (χ1v) is 12.9. The fourth-order valence-corrected chi connectivity index (χ4v) is 4.60. The van der Waals surface area contributed by atoms with Gasteiger partial charge in [0.05, 0.1) is 5.56 Å². The molecule has 2 amide bonds. The van der Waals surface area contributed by atoms with E-state index in [1.807, 2.05) is 12.1 Å². The fraction of sp³-hybridized carbons (Fsp3) is 0.310. The van der Waals surface area contributed by atoms with Crippen LogP contribution < -0.4 is 11.5 Å². The normalized spacial score (nSPS) is 13.9. The highest BCUT2D eigenvalue weighted by Gasteiger charge is 2.34. The van der Waals surface area contributed by atoms with Crippen molar-refractivity contribution in [1.29, 1.82) is 5.41 Å². The van der Waals surface area contributed by atoms with E-state index in [0.717, 1.165) is 16.3 Å². The predicted octanol–water partition coefficient (Wildman–Crippen LogP) is 4.61. The maximum Gasteiger partial charge on any atom is 0.417 e. The third-order valence-corrected chi connectivity index (χ3v) is 6.55. The average Bonchev–Trinajstić information content (AvgIpc) is 2.87. The summed E-state index contributed by atoms with van der Waals surface area (Å²) in [6.07, 6.45) is 2.00. The third kappa shape index (κ3) is 6.59. The van der Waals surface area contributed by atoms with E-state index in [1.165, 1.54) is 4.90 Å². The maximum atomic E-state index is 13.1. The van der Waals surface area contributed by atoms with Crippen LogP contribution in [0.4, 0.5) is 10.6 Å². The summed E-state index contributed by atoms with van der Waals surface area (Å²) in [5, 5.41) is 10.2. The van der Waals surface area contributed by atoms with Gasteiger partial charge in [0.15, 0.2) is 5.96 Å². The molecule has 9 nitrogen and oxygen atoms in total. The molecule has 1 fully saturated rings. The number of ether oxygens (including phenoxy) is 1. The van der Waals surface area contributed by atoms with Gasteiger partial charge in [-0.25, -0.2) is 14.7 Å². The van der Waals surface area contributed by atoms with Crippen LogP contribution in [0.25, 0.3) is 10.8 Å². The van der Waals surface area contributed by atoms with Crippen molar-refractivity contribution in [3.8, 4) is 11.8 Å². The number of carbonyl (C=O) groups is 2. The van der Waals surface area contributed by atoms with Gasteiger partial charge >= 0.3 is 6.09 Å². The molecule has 39 heavy (non-hydrogen) atoms. The molecule has 0 bridgehead atoms. The monoisotopic (exact) mass is 546 g/mol. The Morgan fingerprint density at radius 3 is 2.41 bits per heavy atom. The van der Waals surface area contributed by atoms with Gasteiger partial charge in [-0.2, -0.15) is 0 Å². The second kappa shape index (κ2) is 11.2. The summed E-state index contributed by atoms with van der Waals surface area (Å²) in [5.41, 5.74) is 12.9. The van der Waals surface area contributed by atoms with E-state index >= 15 is 0 Å². The van der Waals surface area contributed by atoms with Crippen LogP contribution in [-0.2, 0) is 4.74 Å². The van der Waals surface area contributed by atoms with Gasteiger partial charge in [-0.05, 0) is 70.0 Å². The minimum atomic E-state index is -0.704. The van der Waals surface area contributed by atoms with Gasteiger partial charge in [-0.1, -0.05) is 29.5 Å². The summed E-state index contributed by atoms with van der Waals surface area (Å²) in [4.78, 5) is 32.8. The Kier molecular flexibility index (Phi) is 7.98. The van der Waals surface area contributed by atoms with Crippen molar-refractivity contribution in [1.82, 2.24) is 14.8 Å². The van der Waals surface area contributed by atoms with Crippen molar-refractivity contribution < 1.29 is 14.3 Å². The number of nitrogens with two attached hydrogens (primary N) is 2. The van der Waals surface area contributed by atoms with E-state index in [4.69, 9.17) is 33.2 Å². The van der Waals surface area contributed by atoms with E-state index in [9.17, 15) is 9.59 Å². The number of fused-ring (bicyclic) bond motifs is 1. The Balaban J connectivity index is 1.43. The van der Waals surface area contributed by atoms with Crippen LogP contribution in [-0.4, -0.2) is 57.5 Å². The molecule has 4 rings (SSSR count). The molecule has 1 aliphatic rings. The van der Waals surface area contributed by atoms with Crippen LogP contribution in [0.5, 0.6) is 0 Å². The van der Waals surface area contributed by atoms with Crippen LogP contribution in [0.3, 0.4) is 0 Å².